The minimum Gasteiger partial charge on any atom is -0.484 e. The Labute approximate surface area is 157 Å². The molecule has 138 valence electrons. The third-order valence-electron chi connectivity index (χ3n) is 3.38. The highest BCUT2D eigenvalue weighted by Crippen LogP contribution is 2.24. The Hall–Kier alpha value is -2.73. The molecule has 2 amide bonds. The van der Waals surface area contributed by atoms with Crippen LogP contribution < -0.4 is 20.1 Å². The van der Waals surface area contributed by atoms with Gasteiger partial charge in [-0.3, -0.25) is 9.59 Å². The van der Waals surface area contributed by atoms with Crippen LogP contribution >= 0.6 is 11.6 Å². The number of ether oxygens (including phenoxy) is 2. The van der Waals surface area contributed by atoms with E-state index in [2.05, 4.69) is 10.6 Å². The maximum atomic E-state index is 12.2. The number of nitrogens with one attached hydrogen (secondary N) is 2. The van der Waals surface area contributed by atoms with Gasteiger partial charge in [0.2, 0.25) is 0 Å². The Bertz CT molecular complexity index is 749. The van der Waals surface area contributed by atoms with E-state index in [0.29, 0.717) is 28.8 Å². The molecule has 2 rings (SSSR count). The summed E-state index contributed by atoms with van der Waals surface area (Å²) in [6, 6.07) is 13.7. The lowest BCUT2D eigenvalue weighted by atomic mass is 10.2. The van der Waals surface area contributed by atoms with Crippen molar-refractivity contribution in [2.45, 2.75) is 20.0 Å². The van der Waals surface area contributed by atoms with Gasteiger partial charge in [0, 0.05) is 12.2 Å². The van der Waals surface area contributed by atoms with E-state index in [1.165, 1.54) is 0 Å². The fourth-order valence-corrected chi connectivity index (χ4v) is 2.24. The number of carbonyl (C=O) groups is 2. The number of para-hydroxylation sites is 1. The van der Waals surface area contributed by atoms with Gasteiger partial charge < -0.3 is 20.1 Å². The molecule has 0 bridgehead atoms. The second-order valence-corrected chi connectivity index (χ2v) is 5.85. The van der Waals surface area contributed by atoms with Crippen LogP contribution in [0.3, 0.4) is 0 Å². The predicted molar refractivity (Wildman–Crippen MR) is 101 cm³/mol. The van der Waals surface area contributed by atoms with Crippen LogP contribution in [0.15, 0.2) is 48.5 Å². The molecule has 0 heterocycles. The zero-order valence-corrected chi connectivity index (χ0v) is 15.4. The van der Waals surface area contributed by atoms with Gasteiger partial charge in [0.1, 0.15) is 11.5 Å². The highest BCUT2D eigenvalue weighted by Gasteiger charge is 2.16. The molecule has 0 aliphatic rings. The van der Waals surface area contributed by atoms with E-state index in [1.807, 2.05) is 6.92 Å². The fourth-order valence-electron chi connectivity index (χ4n) is 2.06. The average Bonchev–Trinajstić information content (AvgIpc) is 2.63. The van der Waals surface area contributed by atoms with Crippen LogP contribution in [-0.2, 0) is 9.59 Å². The van der Waals surface area contributed by atoms with Crippen molar-refractivity contribution in [3.8, 4) is 11.5 Å². The molecule has 0 saturated heterocycles. The number of benzene rings is 2. The average molecular weight is 377 g/mol. The van der Waals surface area contributed by atoms with Crippen LogP contribution in [0.25, 0.3) is 0 Å². The minimum atomic E-state index is -0.719. The van der Waals surface area contributed by atoms with Crippen molar-refractivity contribution in [3.63, 3.8) is 0 Å². The maximum Gasteiger partial charge on any atom is 0.265 e. The van der Waals surface area contributed by atoms with Crippen LogP contribution in [0.5, 0.6) is 11.5 Å². The monoisotopic (exact) mass is 376 g/mol. The zero-order valence-electron chi connectivity index (χ0n) is 14.6. The van der Waals surface area contributed by atoms with Gasteiger partial charge in [-0.1, -0.05) is 23.7 Å². The van der Waals surface area contributed by atoms with Gasteiger partial charge >= 0.3 is 0 Å². The first kappa shape index (κ1) is 19.6. The van der Waals surface area contributed by atoms with E-state index in [-0.39, 0.29) is 18.4 Å². The SMILES string of the molecule is CCNC(=O)COc1ccc(NC(=O)C(C)Oc2ccccc2Cl)cc1. The summed E-state index contributed by atoms with van der Waals surface area (Å²) >= 11 is 6.02. The second-order valence-electron chi connectivity index (χ2n) is 5.45. The molecule has 0 aliphatic heterocycles. The summed E-state index contributed by atoms with van der Waals surface area (Å²) in [6.07, 6.45) is -0.719. The van der Waals surface area contributed by atoms with Gasteiger partial charge in [0.05, 0.1) is 5.02 Å². The molecule has 1 unspecified atom stereocenters. The number of carbonyl (C=O) groups excluding carboxylic acids is 2. The fraction of sp³-hybridized carbons (Fsp3) is 0.263. The standard InChI is InChI=1S/C19H21ClN2O4/c1-3-21-18(23)12-25-15-10-8-14(9-11-15)22-19(24)13(2)26-17-7-5-4-6-16(17)20/h4-11,13H,3,12H2,1-2H3,(H,21,23)(H,22,24). The number of amides is 2. The number of rotatable bonds is 8. The van der Waals surface area contributed by atoms with Crippen molar-refractivity contribution in [2.75, 3.05) is 18.5 Å². The van der Waals surface area contributed by atoms with E-state index in [0.717, 1.165) is 0 Å². The third kappa shape index (κ3) is 5.97. The van der Waals surface area contributed by atoms with Crippen molar-refractivity contribution in [3.05, 3.63) is 53.6 Å². The quantitative estimate of drug-likeness (QED) is 0.741. The van der Waals surface area contributed by atoms with E-state index in [9.17, 15) is 9.59 Å². The molecule has 2 aromatic carbocycles. The summed E-state index contributed by atoms with van der Waals surface area (Å²) in [6.45, 7) is 3.98. The van der Waals surface area contributed by atoms with Crippen LogP contribution in [0, 0.1) is 0 Å². The molecule has 2 aromatic rings. The molecular weight excluding hydrogens is 356 g/mol. The molecule has 26 heavy (non-hydrogen) atoms. The van der Waals surface area contributed by atoms with Crippen LogP contribution in [0.1, 0.15) is 13.8 Å². The maximum absolute atomic E-state index is 12.2. The highest BCUT2D eigenvalue weighted by atomic mass is 35.5. The van der Waals surface area contributed by atoms with Crippen LogP contribution in [-0.4, -0.2) is 31.1 Å². The van der Waals surface area contributed by atoms with E-state index in [1.54, 1.807) is 55.5 Å². The Balaban J connectivity index is 1.86. The predicted octanol–water partition coefficient (Wildman–Crippen LogP) is 3.26. The lowest BCUT2D eigenvalue weighted by Gasteiger charge is -2.15. The molecule has 6 nitrogen and oxygen atoms in total. The molecular formula is C19H21ClN2O4. The largest absolute Gasteiger partial charge is 0.484 e. The molecule has 2 N–H and O–H groups in total. The molecule has 0 aromatic heterocycles. The number of anilines is 1. The number of likely N-dealkylation sites (N-methyl/N-ethyl adjacent to an activating group) is 1. The van der Waals surface area contributed by atoms with Gasteiger partial charge in [-0.2, -0.15) is 0 Å². The summed E-state index contributed by atoms with van der Waals surface area (Å²) in [5.41, 5.74) is 0.593. The van der Waals surface area contributed by atoms with Crippen molar-refractivity contribution >= 4 is 29.1 Å². The first-order chi connectivity index (χ1) is 12.5. The van der Waals surface area contributed by atoms with Crippen molar-refractivity contribution in [2.24, 2.45) is 0 Å². The summed E-state index contributed by atoms with van der Waals surface area (Å²) in [5, 5.41) is 5.84. The minimum absolute atomic E-state index is 0.0533. The van der Waals surface area contributed by atoms with Crippen molar-refractivity contribution in [1.29, 1.82) is 0 Å². The molecule has 0 radical (unpaired) electrons. The highest BCUT2D eigenvalue weighted by molar-refractivity contribution is 6.32. The van der Waals surface area contributed by atoms with Gasteiger partial charge in [-0.25, -0.2) is 0 Å². The molecule has 1 atom stereocenters. The summed E-state index contributed by atoms with van der Waals surface area (Å²) < 4.78 is 10.9. The molecule has 0 saturated carbocycles. The summed E-state index contributed by atoms with van der Waals surface area (Å²) in [4.78, 5) is 23.6. The topological polar surface area (TPSA) is 76.7 Å². The molecule has 0 aliphatic carbocycles. The van der Waals surface area contributed by atoms with Crippen molar-refractivity contribution < 1.29 is 19.1 Å². The Morgan fingerprint density at radius 3 is 2.46 bits per heavy atom. The summed E-state index contributed by atoms with van der Waals surface area (Å²) in [5.74, 6) is 0.497. The lowest BCUT2D eigenvalue weighted by molar-refractivity contribution is -0.123. The van der Waals surface area contributed by atoms with Gasteiger partial charge in [0.15, 0.2) is 12.7 Å². The van der Waals surface area contributed by atoms with Crippen LogP contribution in [0.4, 0.5) is 5.69 Å². The number of halogens is 1. The number of hydrogen-bond acceptors (Lipinski definition) is 4. The van der Waals surface area contributed by atoms with Gasteiger partial charge in [-0.15, -0.1) is 0 Å². The second kappa shape index (κ2) is 9.68. The van der Waals surface area contributed by atoms with Gasteiger partial charge in [-0.05, 0) is 50.2 Å². The lowest BCUT2D eigenvalue weighted by Crippen LogP contribution is -2.30. The van der Waals surface area contributed by atoms with Crippen LogP contribution in [0.2, 0.25) is 5.02 Å². The summed E-state index contributed by atoms with van der Waals surface area (Å²) in [7, 11) is 0. The first-order valence-corrected chi connectivity index (χ1v) is 8.59. The van der Waals surface area contributed by atoms with E-state index >= 15 is 0 Å². The Morgan fingerprint density at radius 2 is 1.81 bits per heavy atom. The number of hydrogen-bond donors (Lipinski definition) is 2. The van der Waals surface area contributed by atoms with Gasteiger partial charge in [0.25, 0.3) is 11.8 Å². The molecule has 7 heteroatoms. The third-order valence-corrected chi connectivity index (χ3v) is 3.69. The smallest absolute Gasteiger partial charge is 0.265 e. The normalized spacial score (nSPS) is 11.3. The Kier molecular flexibility index (Phi) is 7.29. The molecule has 0 spiro atoms. The zero-order chi connectivity index (χ0) is 18.9. The van der Waals surface area contributed by atoms with E-state index < -0.39 is 6.10 Å². The molecule has 0 fully saturated rings. The van der Waals surface area contributed by atoms with E-state index in [4.69, 9.17) is 21.1 Å². The first-order valence-electron chi connectivity index (χ1n) is 8.21. The Morgan fingerprint density at radius 1 is 1.12 bits per heavy atom. The van der Waals surface area contributed by atoms with Crippen molar-refractivity contribution in [1.82, 2.24) is 5.32 Å².